The van der Waals surface area contributed by atoms with Crippen LogP contribution in [-0.4, -0.2) is 64.4 Å². The molecule has 2 atom stereocenters. The van der Waals surface area contributed by atoms with Crippen LogP contribution in [0.3, 0.4) is 0 Å². The first kappa shape index (κ1) is 28.5. The van der Waals surface area contributed by atoms with Crippen LogP contribution in [-0.2, 0) is 17.9 Å². The van der Waals surface area contributed by atoms with Crippen LogP contribution in [0.1, 0.15) is 23.1 Å². The second-order valence-electron chi connectivity index (χ2n) is 8.66. The number of amides is 2. The number of carbonyl (C=O) groups excluding carboxylic acids is 2. The highest BCUT2D eigenvalue weighted by molar-refractivity contribution is 6.30. The molecule has 4 rings (SSSR count). The van der Waals surface area contributed by atoms with Crippen LogP contribution in [0.5, 0.6) is 0 Å². The fraction of sp³-hybridized carbons (Fsp3) is 0.250. The van der Waals surface area contributed by atoms with E-state index in [-0.39, 0.29) is 23.8 Å². The molecule has 0 bridgehead atoms. The minimum atomic E-state index is -4.96. The fourth-order valence-corrected chi connectivity index (χ4v) is 3.75. The molecule has 0 aliphatic heterocycles. The molecule has 210 valence electrons. The van der Waals surface area contributed by atoms with E-state index in [1.165, 1.54) is 48.3 Å². The maximum absolute atomic E-state index is 13.1. The predicted molar refractivity (Wildman–Crippen MR) is 136 cm³/mol. The zero-order chi connectivity index (χ0) is 29.2. The van der Waals surface area contributed by atoms with Gasteiger partial charge in [0.2, 0.25) is 5.91 Å². The van der Waals surface area contributed by atoms with E-state index in [2.05, 4.69) is 20.5 Å². The Morgan fingerprint density at radius 3 is 2.45 bits per heavy atom. The zero-order valence-electron chi connectivity index (χ0n) is 20.7. The lowest BCUT2D eigenvalue weighted by Gasteiger charge is -2.15. The molecule has 0 saturated carbocycles. The van der Waals surface area contributed by atoms with E-state index < -0.39 is 42.4 Å². The van der Waals surface area contributed by atoms with Crippen LogP contribution < -0.4 is 16.7 Å². The Kier molecular flexibility index (Phi) is 8.06. The van der Waals surface area contributed by atoms with Gasteiger partial charge in [0, 0.05) is 10.6 Å². The highest BCUT2D eigenvalue weighted by Crippen LogP contribution is 2.24. The Bertz CT molecular complexity index is 1600. The largest absolute Gasteiger partial charge is 0.416 e. The molecule has 0 spiro atoms. The van der Waals surface area contributed by atoms with Crippen LogP contribution in [0.25, 0.3) is 17.1 Å². The molecule has 12 nitrogen and oxygen atoms in total. The van der Waals surface area contributed by atoms with Crippen molar-refractivity contribution in [3.63, 3.8) is 0 Å². The molecule has 40 heavy (non-hydrogen) atoms. The van der Waals surface area contributed by atoms with E-state index in [4.69, 9.17) is 17.3 Å². The Balaban J connectivity index is 1.66. The smallest absolute Gasteiger partial charge is 0.382 e. The number of aliphatic hydroxyl groups excluding tert-OH is 1. The number of hydrogen-bond acceptors (Lipinski definition) is 7. The summed E-state index contributed by atoms with van der Waals surface area (Å²) in [7, 11) is 0. The number of rotatable bonds is 9. The molecule has 0 fully saturated rings. The lowest BCUT2D eigenvalue weighted by atomic mass is 10.1. The summed E-state index contributed by atoms with van der Waals surface area (Å²) in [6.45, 7) is 0.00225. The van der Waals surface area contributed by atoms with Gasteiger partial charge in [-0.25, -0.2) is 19.1 Å². The number of aromatic nitrogens is 6. The van der Waals surface area contributed by atoms with Crippen LogP contribution in [0.4, 0.5) is 13.2 Å². The van der Waals surface area contributed by atoms with E-state index >= 15 is 0 Å². The van der Waals surface area contributed by atoms with E-state index in [1.54, 1.807) is 18.2 Å². The summed E-state index contributed by atoms with van der Waals surface area (Å²) in [4.78, 5) is 41.2. The van der Waals surface area contributed by atoms with Crippen molar-refractivity contribution in [2.24, 2.45) is 5.73 Å². The predicted octanol–water partition coefficient (Wildman–Crippen LogP) is 1.52. The molecule has 2 aromatic carbocycles. The van der Waals surface area contributed by atoms with Crippen LogP contribution in [0, 0.1) is 0 Å². The number of halogens is 4. The van der Waals surface area contributed by atoms with Crippen LogP contribution in [0.2, 0.25) is 5.02 Å². The Morgan fingerprint density at radius 2 is 1.80 bits per heavy atom. The number of aliphatic hydroxyl groups is 1. The summed E-state index contributed by atoms with van der Waals surface area (Å²) in [5.74, 6) is -1.40. The van der Waals surface area contributed by atoms with Crippen molar-refractivity contribution >= 4 is 23.4 Å². The van der Waals surface area contributed by atoms with E-state index in [0.29, 0.717) is 20.8 Å². The second kappa shape index (κ2) is 11.3. The normalized spacial score (nSPS) is 13.2. The Hall–Kier alpha value is -4.50. The summed E-state index contributed by atoms with van der Waals surface area (Å²) in [5, 5.41) is 20.9. The number of primary amides is 1. The van der Waals surface area contributed by atoms with E-state index in [0.717, 1.165) is 4.68 Å². The molecule has 2 heterocycles. The van der Waals surface area contributed by atoms with Gasteiger partial charge in [0.05, 0.1) is 17.8 Å². The van der Waals surface area contributed by atoms with Gasteiger partial charge in [-0.15, -0.1) is 10.2 Å². The van der Waals surface area contributed by atoms with Crippen molar-refractivity contribution in [3.8, 4) is 17.1 Å². The lowest BCUT2D eigenvalue weighted by molar-refractivity contribution is -0.207. The van der Waals surface area contributed by atoms with Gasteiger partial charge >= 0.3 is 11.9 Å². The van der Waals surface area contributed by atoms with Crippen molar-refractivity contribution in [1.82, 2.24) is 34.4 Å². The first-order valence-corrected chi connectivity index (χ1v) is 12.0. The standard InChI is InChI=1S/C24H22ClF3N8O4/c1-13(20(29)38)31-22(39)16-4-2-3-5-17(16)36-12-30-19(32-36)11-35-23(40)34(10-18(37)24(26,27)28)21(33-35)14-6-8-15(25)9-7-14/h2-9,12-13,18,37H,10-11H2,1H3,(H2,29,38)(H,31,39). The molecule has 0 aliphatic rings. The molecule has 2 amide bonds. The number of nitrogens with zero attached hydrogens (tertiary/aromatic N) is 6. The lowest BCUT2D eigenvalue weighted by Crippen LogP contribution is -2.42. The molecule has 0 radical (unpaired) electrons. The third kappa shape index (κ3) is 6.21. The minimum Gasteiger partial charge on any atom is -0.382 e. The summed E-state index contributed by atoms with van der Waals surface area (Å²) in [6, 6.07) is 11.3. The monoisotopic (exact) mass is 578 g/mol. The minimum absolute atomic E-state index is 0.0477. The molecule has 4 N–H and O–H groups in total. The number of benzene rings is 2. The second-order valence-corrected chi connectivity index (χ2v) is 9.10. The van der Waals surface area contributed by atoms with Crippen molar-refractivity contribution in [1.29, 1.82) is 0 Å². The zero-order valence-corrected chi connectivity index (χ0v) is 21.5. The van der Waals surface area contributed by atoms with Gasteiger partial charge in [-0.1, -0.05) is 23.7 Å². The van der Waals surface area contributed by atoms with Crippen molar-refractivity contribution in [2.75, 3.05) is 0 Å². The molecule has 4 aromatic rings. The van der Waals surface area contributed by atoms with E-state index in [1.807, 2.05) is 0 Å². The molecule has 0 saturated heterocycles. The molecular formula is C24H22ClF3N8O4. The average molecular weight is 579 g/mol. The topological polar surface area (TPSA) is 163 Å². The first-order valence-electron chi connectivity index (χ1n) is 11.6. The quantitative estimate of drug-likeness (QED) is 0.271. The molecule has 2 aromatic heterocycles. The summed E-state index contributed by atoms with van der Waals surface area (Å²) in [6.07, 6.45) is -6.51. The van der Waals surface area contributed by atoms with E-state index in [9.17, 15) is 32.7 Å². The van der Waals surface area contributed by atoms with Crippen LogP contribution in [0.15, 0.2) is 59.7 Å². The molecule has 0 aliphatic carbocycles. The van der Waals surface area contributed by atoms with Gasteiger partial charge < -0.3 is 16.2 Å². The highest BCUT2D eigenvalue weighted by Gasteiger charge is 2.39. The van der Waals surface area contributed by atoms with Gasteiger partial charge in [-0.05, 0) is 43.3 Å². The highest BCUT2D eigenvalue weighted by atomic mass is 35.5. The SMILES string of the molecule is CC(NC(=O)c1ccccc1-n1cnc(Cn2nc(-c3ccc(Cl)cc3)n(CC(O)C(F)(F)F)c2=O)n1)C(N)=O. The number of para-hydroxylation sites is 1. The Morgan fingerprint density at radius 1 is 1.12 bits per heavy atom. The summed E-state index contributed by atoms with van der Waals surface area (Å²) < 4.78 is 42.1. The molecule has 16 heteroatoms. The number of alkyl halides is 3. The fourth-order valence-electron chi connectivity index (χ4n) is 3.63. The Labute approximate surface area is 228 Å². The maximum Gasteiger partial charge on any atom is 0.416 e. The van der Waals surface area contributed by atoms with Gasteiger partial charge in [-0.3, -0.25) is 14.2 Å². The van der Waals surface area contributed by atoms with Crippen molar-refractivity contribution in [3.05, 3.63) is 81.8 Å². The van der Waals surface area contributed by atoms with Crippen LogP contribution >= 0.6 is 11.6 Å². The maximum atomic E-state index is 13.1. The number of nitrogens with one attached hydrogen (secondary N) is 1. The number of hydrogen-bond donors (Lipinski definition) is 3. The van der Waals surface area contributed by atoms with Crippen molar-refractivity contribution < 1.29 is 27.9 Å². The molecular weight excluding hydrogens is 557 g/mol. The first-order chi connectivity index (χ1) is 18.8. The summed E-state index contributed by atoms with van der Waals surface area (Å²) in [5.41, 5.74) is 5.01. The van der Waals surface area contributed by atoms with Gasteiger partial charge in [0.1, 0.15) is 18.9 Å². The summed E-state index contributed by atoms with van der Waals surface area (Å²) >= 11 is 5.90. The third-order valence-electron chi connectivity index (χ3n) is 5.76. The van der Waals surface area contributed by atoms with Gasteiger partial charge in [0.15, 0.2) is 17.8 Å². The third-order valence-corrected chi connectivity index (χ3v) is 6.01. The molecule has 2 unspecified atom stereocenters. The van der Waals surface area contributed by atoms with Gasteiger partial charge in [0.25, 0.3) is 5.91 Å². The van der Waals surface area contributed by atoms with Gasteiger partial charge in [-0.2, -0.15) is 13.2 Å². The number of nitrogens with two attached hydrogens (primary N) is 1. The van der Waals surface area contributed by atoms with Crippen molar-refractivity contribution in [2.45, 2.75) is 38.3 Å². The number of carbonyl (C=O) groups is 2. The average Bonchev–Trinajstić information content (AvgIpc) is 3.49.